The topological polar surface area (TPSA) is 75.1 Å². The lowest BCUT2D eigenvalue weighted by Gasteiger charge is -2.15. The minimum absolute atomic E-state index is 0.0986. The molecule has 124 valence electrons. The molecule has 23 heavy (non-hydrogen) atoms. The monoisotopic (exact) mass is 316 g/mol. The van der Waals surface area contributed by atoms with E-state index in [4.69, 9.17) is 0 Å². The molecule has 0 aromatic carbocycles. The third-order valence-corrected chi connectivity index (χ3v) is 3.81. The maximum Gasteiger partial charge on any atom is 0.315 e. The van der Waals surface area contributed by atoms with E-state index in [9.17, 15) is 4.79 Å². The lowest BCUT2D eigenvalue weighted by atomic mass is 10.1. The van der Waals surface area contributed by atoms with Crippen molar-refractivity contribution in [3.63, 3.8) is 0 Å². The molecule has 7 nitrogen and oxygen atoms in total. The largest absolute Gasteiger partial charge is 0.363 e. The average Bonchev–Trinajstić information content (AvgIpc) is 2.85. The van der Waals surface area contributed by atoms with E-state index in [0.29, 0.717) is 6.54 Å². The van der Waals surface area contributed by atoms with Crippen molar-refractivity contribution in [3.8, 4) is 0 Å². The Morgan fingerprint density at radius 3 is 2.78 bits per heavy atom. The molecule has 0 aliphatic rings. The average molecular weight is 316 g/mol. The number of amides is 2. The van der Waals surface area contributed by atoms with Crippen molar-refractivity contribution in [1.82, 2.24) is 25.4 Å². The first kappa shape index (κ1) is 16.8. The van der Waals surface area contributed by atoms with Gasteiger partial charge < -0.3 is 15.5 Å². The lowest BCUT2D eigenvalue weighted by Crippen LogP contribution is -2.36. The summed E-state index contributed by atoms with van der Waals surface area (Å²) >= 11 is 0. The molecule has 0 radical (unpaired) electrons. The molecule has 2 heterocycles. The Labute approximate surface area is 136 Å². The van der Waals surface area contributed by atoms with Crippen molar-refractivity contribution < 1.29 is 4.79 Å². The molecule has 0 saturated heterocycles. The third-order valence-electron chi connectivity index (χ3n) is 3.81. The van der Waals surface area contributed by atoms with Crippen molar-refractivity contribution in [2.75, 3.05) is 19.0 Å². The van der Waals surface area contributed by atoms with E-state index in [1.807, 2.05) is 52.0 Å². The Hall–Kier alpha value is -2.57. The number of nitrogens with zero attached hydrogens (tertiary/aromatic N) is 4. The van der Waals surface area contributed by atoms with Gasteiger partial charge in [-0.1, -0.05) is 0 Å². The van der Waals surface area contributed by atoms with Gasteiger partial charge in [0.2, 0.25) is 0 Å². The van der Waals surface area contributed by atoms with Gasteiger partial charge in [-0.15, -0.1) is 0 Å². The first-order chi connectivity index (χ1) is 10.9. The second-order valence-electron chi connectivity index (χ2n) is 5.77. The van der Waals surface area contributed by atoms with Crippen LogP contribution in [0.25, 0.3) is 0 Å². The number of anilines is 1. The number of hydrogen-bond donors (Lipinski definition) is 2. The van der Waals surface area contributed by atoms with Crippen molar-refractivity contribution >= 4 is 11.8 Å². The van der Waals surface area contributed by atoms with Crippen molar-refractivity contribution in [2.24, 2.45) is 7.05 Å². The minimum Gasteiger partial charge on any atom is -0.363 e. The van der Waals surface area contributed by atoms with Gasteiger partial charge in [-0.2, -0.15) is 5.10 Å². The summed E-state index contributed by atoms with van der Waals surface area (Å²) in [5.41, 5.74) is 3.06. The molecule has 7 heteroatoms. The Morgan fingerprint density at radius 1 is 1.43 bits per heavy atom. The van der Waals surface area contributed by atoms with Gasteiger partial charge in [0.05, 0.1) is 12.2 Å². The van der Waals surface area contributed by atoms with E-state index in [0.717, 1.165) is 22.6 Å². The Balaban J connectivity index is 1.90. The summed E-state index contributed by atoms with van der Waals surface area (Å²) < 4.78 is 1.80. The molecule has 0 aliphatic carbocycles. The van der Waals surface area contributed by atoms with Gasteiger partial charge in [0.15, 0.2) is 0 Å². The molecule has 0 aliphatic heterocycles. The molecular formula is C16H24N6O. The summed E-state index contributed by atoms with van der Waals surface area (Å²) in [7, 11) is 5.76. The van der Waals surface area contributed by atoms with Gasteiger partial charge >= 0.3 is 6.03 Å². The van der Waals surface area contributed by atoms with Gasteiger partial charge in [0, 0.05) is 45.1 Å². The first-order valence-corrected chi connectivity index (χ1v) is 7.53. The molecule has 2 rings (SSSR count). The molecule has 0 bridgehead atoms. The molecule has 0 fully saturated rings. The normalized spacial score (nSPS) is 11.9. The Morgan fingerprint density at radius 2 is 2.17 bits per heavy atom. The standard InChI is InChI=1S/C16H24N6O/c1-11(14-10-19-22(5)12(14)2)20-16(23)18-9-13-6-7-17-15(8-13)21(3)4/h6-8,10-11H,9H2,1-5H3,(H2,18,20,23). The van der Waals surface area contributed by atoms with E-state index >= 15 is 0 Å². The van der Waals surface area contributed by atoms with Crippen molar-refractivity contribution in [3.05, 3.63) is 41.3 Å². The van der Waals surface area contributed by atoms with Gasteiger partial charge in [0.1, 0.15) is 5.82 Å². The number of pyridine rings is 1. The number of hydrogen-bond acceptors (Lipinski definition) is 4. The number of aromatic nitrogens is 3. The molecule has 2 amide bonds. The van der Waals surface area contributed by atoms with Crippen molar-refractivity contribution in [1.29, 1.82) is 0 Å². The van der Waals surface area contributed by atoms with E-state index < -0.39 is 0 Å². The molecule has 2 aromatic rings. The Bertz CT molecular complexity index is 679. The molecule has 2 N–H and O–H groups in total. The van der Waals surface area contributed by atoms with E-state index in [1.165, 1.54) is 0 Å². The quantitative estimate of drug-likeness (QED) is 0.881. The highest BCUT2D eigenvalue weighted by molar-refractivity contribution is 5.74. The van der Waals surface area contributed by atoms with Crippen LogP contribution in [-0.4, -0.2) is 34.9 Å². The fraction of sp³-hybridized carbons (Fsp3) is 0.438. The number of urea groups is 1. The van der Waals surface area contributed by atoms with Crippen LogP contribution in [0, 0.1) is 6.92 Å². The highest BCUT2D eigenvalue weighted by Gasteiger charge is 2.14. The lowest BCUT2D eigenvalue weighted by molar-refractivity contribution is 0.237. The minimum atomic E-state index is -0.205. The van der Waals surface area contributed by atoms with Crippen LogP contribution in [0.15, 0.2) is 24.5 Å². The summed E-state index contributed by atoms with van der Waals surface area (Å²) in [6, 6.07) is 3.54. The van der Waals surface area contributed by atoms with Crippen LogP contribution in [0.1, 0.15) is 29.8 Å². The first-order valence-electron chi connectivity index (χ1n) is 7.53. The number of carbonyl (C=O) groups is 1. The van der Waals surface area contributed by atoms with Gasteiger partial charge in [-0.25, -0.2) is 9.78 Å². The second kappa shape index (κ2) is 7.13. The van der Waals surface area contributed by atoms with E-state index in [1.54, 1.807) is 17.1 Å². The maximum absolute atomic E-state index is 12.1. The van der Waals surface area contributed by atoms with Crippen LogP contribution in [0.3, 0.4) is 0 Å². The number of carbonyl (C=O) groups excluding carboxylic acids is 1. The van der Waals surface area contributed by atoms with Crippen LogP contribution in [0.5, 0.6) is 0 Å². The summed E-state index contributed by atoms with van der Waals surface area (Å²) in [6.45, 7) is 4.38. The zero-order valence-electron chi connectivity index (χ0n) is 14.3. The van der Waals surface area contributed by atoms with E-state index in [-0.39, 0.29) is 12.1 Å². The summed E-state index contributed by atoms with van der Waals surface area (Å²) in [4.78, 5) is 18.2. The van der Waals surface area contributed by atoms with Crippen LogP contribution < -0.4 is 15.5 Å². The summed E-state index contributed by atoms with van der Waals surface area (Å²) in [6.07, 6.45) is 3.53. The maximum atomic E-state index is 12.1. The predicted molar refractivity (Wildman–Crippen MR) is 90.3 cm³/mol. The zero-order valence-corrected chi connectivity index (χ0v) is 14.3. The predicted octanol–water partition coefficient (Wildman–Crippen LogP) is 1.75. The smallest absolute Gasteiger partial charge is 0.315 e. The van der Waals surface area contributed by atoms with Crippen LogP contribution >= 0.6 is 0 Å². The summed E-state index contributed by atoms with van der Waals surface area (Å²) in [5.74, 6) is 0.865. The van der Waals surface area contributed by atoms with E-state index in [2.05, 4.69) is 20.7 Å². The zero-order chi connectivity index (χ0) is 17.0. The summed E-state index contributed by atoms with van der Waals surface area (Å²) in [5, 5.41) is 9.99. The molecule has 0 saturated carbocycles. The molecule has 0 spiro atoms. The Kier molecular flexibility index (Phi) is 5.20. The second-order valence-corrected chi connectivity index (χ2v) is 5.77. The van der Waals surface area contributed by atoms with Gasteiger partial charge in [-0.05, 0) is 31.5 Å². The molecular weight excluding hydrogens is 292 g/mol. The molecule has 1 unspecified atom stereocenters. The van der Waals surface area contributed by atoms with Crippen LogP contribution in [0.2, 0.25) is 0 Å². The van der Waals surface area contributed by atoms with Crippen LogP contribution in [0.4, 0.5) is 10.6 Å². The number of rotatable bonds is 5. The fourth-order valence-corrected chi connectivity index (χ4v) is 2.26. The number of aryl methyl sites for hydroxylation is 1. The highest BCUT2D eigenvalue weighted by Crippen LogP contribution is 2.15. The molecule has 2 aromatic heterocycles. The SMILES string of the molecule is Cc1c(C(C)NC(=O)NCc2ccnc(N(C)C)c2)cnn1C. The fourth-order valence-electron chi connectivity index (χ4n) is 2.26. The number of nitrogens with one attached hydrogen (secondary N) is 2. The van der Waals surface area contributed by atoms with Crippen LogP contribution in [-0.2, 0) is 13.6 Å². The molecule has 1 atom stereocenters. The van der Waals surface area contributed by atoms with Gasteiger partial charge in [-0.3, -0.25) is 4.68 Å². The highest BCUT2D eigenvalue weighted by atomic mass is 16.2. The third kappa shape index (κ3) is 4.21. The van der Waals surface area contributed by atoms with Crippen molar-refractivity contribution in [2.45, 2.75) is 26.4 Å². The van der Waals surface area contributed by atoms with Gasteiger partial charge in [0.25, 0.3) is 0 Å².